The average Bonchev–Trinajstić information content (AvgIpc) is 2.38. The Kier molecular flexibility index (Phi) is 7.85. The number of benzene rings is 1. The molecule has 0 aliphatic carbocycles. The van der Waals surface area contributed by atoms with Gasteiger partial charge in [-0.2, -0.15) is 12.6 Å². The van der Waals surface area contributed by atoms with Gasteiger partial charge in [0, 0.05) is 0 Å². The van der Waals surface area contributed by atoms with Crippen LogP contribution in [0.5, 0.6) is 0 Å². The van der Waals surface area contributed by atoms with Crippen molar-refractivity contribution in [1.29, 1.82) is 0 Å². The monoisotopic (exact) mass is 250 g/mol. The van der Waals surface area contributed by atoms with Crippen molar-refractivity contribution in [3.8, 4) is 0 Å². The van der Waals surface area contributed by atoms with Crippen LogP contribution in [0.1, 0.15) is 25.3 Å². The molecule has 0 aliphatic heterocycles. The van der Waals surface area contributed by atoms with Gasteiger partial charge in [0.2, 0.25) is 0 Å². The van der Waals surface area contributed by atoms with Crippen molar-refractivity contribution in [1.82, 2.24) is 0 Å². The molecule has 0 saturated carbocycles. The molecular formula is C15H22OS. The van der Waals surface area contributed by atoms with Gasteiger partial charge >= 0.3 is 0 Å². The summed E-state index contributed by atoms with van der Waals surface area (Å²) in [7, 11) is 0. The first-order chi connectivity index (χ1) is 8.36. The van der Waals surface area contributed by atoms with E-state index >= 15 is 0 Å². The van der Waals surface area contributed by atoms with Gasteiger partial charge in [-0.1, -0.05) is 55.8 Å². The lowest BCUT2D eigenvalue weighted by Gasteiger charge is -2.12. The lowest BCUT2D eigenvalue weighted by molar-refractivity contribution is 0.127. The second kappa shape index (κ2) is 9.32. The summed E-state index contributed by atoms with van der Waals surface area (Å²) in [6, 6.07) is 10.3. The predicted octanol–water partition coefficient (Wildman–Crippen LogP) is 4.06. The van der Waals surface area contributed by atoms with Crippen molar-refractivity contribution in [3.05, 3.63) is 42.0 Å². The second-order valence-electron chi connectivity index (χ2n) is 4.19. The number of thiol groups is 1. The Morgan fingerprint density at radius 3 is 2.71 bits per heavy atom. The van der Waals surface area contributed by atoms with Crippen LogP contribution in [-0.2, 0) is 4.74 Å². The molecule has 0 N–H and O–H groups in total. The van der Waals surface area contributed by atoms with Crippen LogP contribution in [0.4, 0.5) is 0 Å². The Morgan fingerprint density at radius 2 is 2.06 bits per heavy atom. The van der Waals surface area contributed by atoms with Gasteiger partial charge in [-0.25, -0.2) is 0 Å². The number of ether oxygens (including phenoxy) is 1. The number of hydrogen-bond acceptors (Lipinski definition) is 2. The highest BCUT2D eigenvalue weighted by Gasteiger charge is 2.04. The fourth-order valence-electron chi connectivity index (χ4n) is 1.69. The van der Waals surface area contributed by atoms with Gasteiger partial charge in [0.15, 0.2) is 0 Å². The van der Waals surface area contributed by atoms with E-state index in [0.717, 1.165) is 12.4 Å². The minimum atomic E-state index is 0.591. The summed E-state index contributed by atoms with van der Waals surface area (Å²) in [6.07, 6.45) is 6.56. The molecule has 1 atom stereocenters. The summed E-state index contributed by atoms with van der Waals surface area (Å²) in [5.41, 5.74) is 1.22. The molecule has 0 aromatic heterocycles. The second-order valence-corrected chi connectivity index (χ2v) is 4.55. The lowest BCUT2D eigenvalue weighted by atomic mass is 10.1. The molecule has 2 heteroatoms. The molecule has 0 amide bonds. The van der Waals surface area contributed by atoms with Gasteiger partial charge < -0.3 is 4.74 Å². The number of rotatable bonds is 8. The van der Waals surface area contributed by atoms with Crippen molar-refractivity contribution in [2.24, 2.45) is 5.92 Å². The maximum Gasteiger partial charge on any atom is 0.0650 e. The Balaban J connectivity index is 2.17. The first-order valence-corrected chi connectivity index (χ1v) is 6.90. The summed E-state index contributed by atoms with van der Waals surface area (Å²) in [4.78, 5) is 0. The van der Waals surface area contributed by atoms with E-state index < -0.39 is 0 Å². The van der Waals surface area contributed by atoms with Gasteiger partial charge in [0.05, 0.1) is 13.2 Å². The van der Waals surface area contributed by atoms with Crippen LogP contribution in [0, 0.1) is 5.92 Å². The van der Waals surface area contributed by atoms with E-state index in [0.29, 0.717) is 12.5 Å². The van der Waals surface area contributed by atoms with Crippen LogP contribution in [-0.4, -0.2) is 19.0 Å². The summed E-state index contributed by atoms with van der Waals surface area (Å²) in [5, 5.41) is 0. The van der Waals surface area contributed by atoms with Crippen molar-refractivity contribution >= 4 is 18.7 Å². The fourth-order valence-corrected chi connectivity index (χ4v) is 1.97. The third kappa shape index (κ3) is 6.54. The van der Waals surface area contributed by atoms with E-state index in [1.54, 1.807) is 0 Å². The molecule has 1 aromatic rings. The van der Waals surface area contributed by atoms with Gasteiger partial charge in [0.1, 0.15) is 0 Å². The topological polar surface area (TPSA) is 9.23 Å². The van der Waals surface area contributed by atoms with Crippen LogP contribution in [0.2, 0.25) is 0 Å². The highest BCUT2D eigenvalue weighted by molar-refractivity contribution is 7.80. The zero-order valence-corrected chi connectivity index (χ0v) is 11.4. The smallest absolute Gasteiger partial charge is 0.0650 e. The summed E-state index contributed by atoms with van der Waals surface area (Å²) in [5.74, 6) is 1.50. The van der Waals surface area contributed by atoms with E-state index in [1.165, 1.54) is 18.4 Å². The maximum atomic E-state index is 5.63. The Morgan fingerprint density at radius 1 is 1.29 bits per heavy atom. The molecule has 1 rings (SSSR count). The molecule has 17 heavy (non-hydrogen) atoms. The highest BCUT2D eigenvalue weighted by Crippen LogP contribution is 2.08. The van der Waals surface area contributed by atoms with Gasteiger partial charge in [0.25, 0.3) is 0 Å². The SMILES string of the molecule is CCCC(CS)COCC=Cc1ccccc1. The van der Waals surface area contributed by atoms with E-state index in [-0.39, 0.29) is 0 Å². The normalized spacial score (nSPS) is 13.1. The van der Waals surface area contributed by atoms with Crippen LogP contribution < -0.4 is 0 Å². The predicted molar refractivity (Wildman–Crippen MR) is 78.5 cm³/mol. The van der Waals surface area contributed by atoms with Gasteiger partial charge in [-0.3, -0.25) is 0 Å². The molecule has 0 aliphatic rings. The fraction of sp³-hybridized carbons (Fsp3) is 0.467. The molecule has 0 saturated heterocycles. The van der Waals surface area contributed by atoms with Crippen molar-refractivity contribution in [2.45, 2.75) is 19.8 Å². The number of hydrogen-bond donors (Lipinski definition) is 1. The van der Waals surface area contributed by atoms with E-state index in [9.17, 15) is 0 Å². The van der Waals surface area contributed by atoms with Crippen molar-refractivity contribution in [3.63, 3.8) is 0 Å². The Labute approximate surface area is 110 Å². The first-order valence-electron chi connectivity index (χ1n) is 6.27. The standard InChI is InChI=1S/C15H22OS/c1-2-7-15(13-17)12-16-11-6-10-14-8-4-3-5-9-14/h3-6,8-10,15,17H,2,7,11-13H2,1H3. The molecule has 1 unspecified atom stereocenters. The minimum Gasteiger partial charge on any atom is -0.377 e. The molecular weight excluding hydrogens is 228 g/mol. The Hall–Kier alpha value is -0.730. The average molecular weight is 250 g/mol. The molecule has 0 radical (unpaired) electrons. The zero-order chi connectivity index (χ0) is 12.3. The Bertz CT molecular complexity index is 308. The van der Waals surface area contributed by atoms with Crippen molar-refractivity contribution < 1.29 is 4.74 Å². The summed E-state index contributed by atoms with van der Waals surface area (Å²) >= 11 is 4.33. The van der Waals surface area contributed by atoms with Crippen molar-refractivity contribution in [2.75, 3.05) is 19.0 Å². The van der Waals surface area contributed by atoms with Crippen LogP contribution >= 0.6 is 12.6 Å². The molecule has 1 aromatic carbocycles. The third-order valence-electron chi connectivity index (χ3n) is 2.63. The van der Waals surface area contributed by atoms with E-state index in [2.05, 4.69) is 43.8 Å². The van der Waals surface area contributed by atoms with Crippen LogP contribution in [0.25, 0.3) is 6.08 Å². The maximum absolute atomic E-state index is 5.63. The van der Waals surface area contributed by atoms with E-state index in [1.807, 2.05) is 18.2 Å². The van der Waals surface area contributed by atoms with E-state index in [4.69, 9.17) is 4.74 Å². The molecule has 0 fully saturated rings. The molecule has 94 valence electrons. The van der Waals surface area contributed by atoms with Gasteiger partial charge in [-0.15, -0.1) is 0 Å². The molecule has 0 spiro atoms. The molecule has 0 bridgehead atoms. The highest BCUT2D eigenvalue weighted by atomic mass is 32.1. The largest absolute Gasteiger partial charge is 0.377 e. The summed E-state index contributed by atoms with van der Waals surface area (Å²) < 4.78 is 5.63. The first kappa shape index (κ1) is 14.3. The van der Waals surface area contributed by atoms with Crippen LogP contribution in [0.3, 0.4) is 0 Å². The quantitative estimate of drug-likeness (QED) is 0.540. The van der Waals surface area contributed by atoms with Gasteiger partial charge in [-0.05, 0) is 23.7 Å². The minimum absolute atomic E-state index is 0.591. The van der Waals surface area contributed by atoms with Crippen LogP contribution in [0.15, 0.2) is 36.4 Å². The zero-order valence-electron chi connectivity index (χ0n) is 10.5. The third-order valence-corrected chi connectivity index (χ3v) is 3.15. The molecule has 0 heterocycles. The lowest BCUT2D eigenvalue weighted by Crippen LogP contribution is -2.11. The summed E-state index contributed by atoms with van der Waals surface area (Å²) in [6.45, 7) is 3.70. The molecule has 1 nitrogen and oxygen atoms in total.